The summed E-state index contributed by atoms with van der Waals surface area (Å²) < 4.78 is 2.64. The minimum Gasteiger partial charge on any atom is -0.325 e. The number of H-pyrrole nitrogens is 1. The van der Waals surface area contributed by atoms with E-state index >= 15 is 0 Å². The van der Waals surface area contributed by atoms with E-state index in [0.29, 0.717) is 22.3 Å². The molecule has 1 fully saturated rings. The highest BCUT2D eigenvalue weighted by molar-refractivity contribution is 9.10. The lowest BCUT2D eigenvalue weighted by atomic mass is 10.1. The predicted molar refractivity (Wildman–Crippen MR) is 80.6 cm³/mol. The minimum absolute atomic E-state index is 0.130. The van der Waals surface area contributed by atoms with Gasteiger partial charge >= 0.3 is 0 Å². The second-order valence-corrected chi connectivity index (χ2v) is 6.48. The molecule has 0 saturated heterocycles. The zero-order valence-electron chi connectivity index (χ0n) is 11.6. The van der Waals surface area contributed by atoms with Gasteiger partial charge in [-0.1, -0.05) is 13.8 Å². The quantitative estimate of drug-likeness (QED) is 0.933. The van der Waals surface area contributed by atoms with E-state index in [1.807, 2.05) is 6.33 Å². The molecule has 0 radical (unpaired) electrons. The Morgan fingerprint density at radius 3 is 2.90 bits per heavy atom. The molecule has 6 heteroatoms. The Bertz CT molecular complexity index is 685. The molecule has 1 saturated carbocycles. The molecular formula is C14H17BrN4O. The second-order valence-electron chi connectivity index (χ2n) is 5.69. The summed E-state index contributed by atoms with van der Waals surface area (Å²) in [7, 11) is 0. The molecule has 20 heavy (non-hydrogen) atoms. The highest BCUT2D eigenvalue weighted by Crippen LogP contribution is 2.37. The predicted octanol–water partition coefficient (Wildman–Crippen LogP) is 2.93. The Morgan fingerprint density at radius 1 is 1.50 bits per heavy atom. The van der Waals surface area contributed by atoms with Crippen LogP contribution in [0.3, 0.4) is 0 Å². The molecule has 3 rings (SSSR count). The zero-order valence-corrected chi connectivity index (χ0v) is 13.1. The van der Waals surface area contributed by atoms with E-state index in [2.05, 4.69) is 49.3 Å². The van der Waals surface area contributed by atoms with Gasteiger partial charge < -0.3 is 9.55 Å². The molecule has 1 aliphatic rings. The average Bonchev–Trinajstić information content (AvgIpc) is 3.12. The summed E-state index contributed by atoms with van der Waals surface area (Å²) in [6.45, 7) is 4.23. The maximum absolute atomic E-state index is 12.1. The van der Waals surface area contributed by atoms with Crippen LogP contribution in [0.1, 0.15) is 38.4 Å². The number of rotatable bonds is 4. The summed E-state index contributed by atoms with van der Waals surface area (Å²) in [5.41, 5.74) is 1.57. The van der Waals surface area contributed by atoms with Crippen molar-refractivity contribution in [1.82, 2.24) is 19.5 Å². The fourth-order valence-electron chi connectivity index (χ4n) is 2.28. The molecule has 2 aromatic heterocycles. The molecule has 106 valence electrons. The van der Waals surface area contributed by atoms with Crippen LogP contribution in [0.4, 0.5) is 0 Å². The van der Waals surface area contributed by atoms with Crippen LogP contribution in [-0.2, 0) is 6.42 Å². The summed E-state index contributed by atoms with van der Waals surface area (Å²) in [5.74, 6) is 1.06. The first-order valence-electron chi connectivity index (χ1n) is 6.87. The largest absolute Gasteiger partial charge is 0.325 e. The van der Waals surface area contributed by atoms with Crippen molar-refractivity contribution in [1.29, 1.82) is 0 Å². The van der Waals surface area contributed by atoms with Crippen LogP contribution in [0, 0.1) is 5.92 Å². The van der Waals surface area contributed by atoms with Gasteiger partial charge in [0.05, 0.1) is 18.2 Å². The van der Waals surface area contributed by atoms with Crippen molar-refractivity contribution < 1.29 is 0 Å². The fourth-order valence-corrected chi connectivity index (χ4v) is 2.63. The molecule has 2 aromatic rings. The monoisotopic (exact) mass is 336 g/mol. The molecule has 2 heterocycles. The highest BCUT2D eigenvalue weighted by atomic mass is 79.9. The Hall–Kier alpha value is -1.43. The van der Waals surface area contributed by atoms with Gasteiger partial charge in [0.25, 0.3) is 5.56 Å². The van der Waals surface area contributed by atoms with Gasteiger partial charge in [0.15, 0.2) is 5.82 Å². The normalized spacial score (nSPS) is 15.0. The molecule has 0 bridgehead atoms. The number of aromatic nitrogens is 4. The lowest BCUT2D eigenvalue weighted by Gasteiger charge is -2.10. The van der Waals surface area contributed by atoms with Crippen molar-refractivity contribution in [2.75, 3.05) is 0 Å². The fraction of sp³-hybridized carbons (Fsp3) is 0.500. The topological polar surface area (TPSA) is 63.6 Å². The molecule has 0 unspecified atom stereocenters. The van der Waals surface area contributed by atoms with E-state index in [1.165, 1.54) is 12.8 Å². The van der Waals surface area contributed by atoms with E-state index in [9.17, 15) is 4.79 Å². The molecule has 1 aliphatic carbocycles. The lowest BCUT2D eigenvalue weighted by molar-refractivity contribution is 0.630. The first-order valence-corrected chi connectivity index (χ1v) is 7.66. The van der Waals surface area contributed by atoms with E-state index in [0.717, 1.165) is 17.8 Å². The molecule has 0 amide bonds. The summed E-state index contributed by atoms with van der Waals surface area (Å²) in [4.78, 5) is 23.7. The standard InChI is InChI=1S/C14H17BrN4O/c1-8(2)5-10-12(15)14(20)18-13(17-10)11-6-16-7-19(11)9-3-4-9/h6-9H,3-5H2,1-2H3,(H,17,18,20). The SMILES string of the molecule is CC(C)Cc1nc(-c2cncn2C2CC2)[nH]c(=O)c1Br. The molecule has 0 aliphatic heterocycles. The number of aromatic amines is 1. The third-order valence-corrected chi connectivity index (χ3v) is 4.20. The van der Waals surface area contributed by atoms with Crippen LogP contribution in [0.25, 0.3) is 11.5 Å². The maximum atomic E-state index is 12.1. The van der Waals surface area contributed by atoms with E-state index in [4.69, 9.17) is 0 Å². The number of nitrogens with one attached hydrogen (secondary N) is 1. The third kappa shape index (κ3) is 2.57. The lowest BCUT2D eigenvalue weighted by Crippen LogP contribution is -2.16. The molecule has 0 spiro atoms. The van der Waals surface area contributed by atoms with Crippen LogP contribution in [0.15, 0.2) is 21.8 Å². The number of hydrogen-bond acceptors (Lipinski definition) is 3. The summed E-state index contributed by atoms with van der Waals surface area (Å²) in [5, 5.41) is 0. The molecule has 5 nitrogen and oxygen atoms in total. The molecule has 0 aromatic carbocycles. The highest BCUT2D eigenvalue weighted by Gasteiger charge is 2.26. The van der Waals surface area contributed by atoms with Crippen molar-refractivity contribution in [3.05, 3.63) is 33.0 Å². The molecular weight excluding hydrogens is 320 g/mol. The number of hydrogen-bond donors (Lipinski definition) is 1. The van der Waals surface area contributed by atoms with Gasteiger partial charge in [0, 0.05) is 6.04 Å². The molecule has 1 N–H and O–H groups in total. The Balaban J connectivity index is 2.07. The van der Waals surface area contributed by atoms with Gasteiger partial charge in [-0.3, -0.25) is 4.79 Å². The Kier molecular flexibility index (Phi) is 3.50. The van der Waals surface area contributed by atoms with E-state index in [1.54, 1.807) is 6.20 Å². The van der Waals surface area contributed by atoms with Crippen molar-refractivity contribution in [3.63, 3.8) is 0 Å². The van der Waals surface area contributed by atoms with Gasteiger partial charge in [-0.15, -0.1) is 0 Å². The van der Waals surface area contributed by atoms with Crippen molar-refractivity contribution in [3.8, 4) is 11.5 Å². The maximum Gasteiger partial charge on any atom is 0.265 e. The Labute approximate surface area is 125 Å². The second kappa shape index (κ2) is 5.16. The first-order chi connectivity index (χ1) is 9.56. The third-order valence-electron chi connectivity index (χ3n) is 3.38. The summed E-state index contributed by atoms with van der Waals surface area (Å²) >= 11 is 3.34. The summed E-state index contributed by atoms with van der Waals surface area (Å²) in [6.07, 6.45) is 6.70. The number of nitrogens with zero attached hydrogens (tertiary/aromatic N) is 3. The zero-order chi connectivity index (χ0) is 14.3. The van der Waals surface area contributed by atoms with Crippen LogP contribution in [-0.4, -0.2) is 19.5 Å². The van der Waals surface area contributed by atoms with Crippen LogP contribution in [0.5, 0.6) is 0 Å². The summed E-state index contributed by atoms with van der Waals surface area (Å²) in [6, 6.07) is 0.509. The average molecular weight is 337 g/mol. The first kappa shape index (κ1) is 13.5. The van der Waals surface area contributed by atoms with E-state index < -0.39 is 0 Å². The molecule has 0 atom stereocenters. The van der Waals surface area contributed by atoms with Crippen LogP contribution in [0.2, 0.25) is 0 Å². The number of imidazole rings is 1. The smallest absolute Gasteiger partial charge is 0.265 e. The van der Waals surface area contributed by atoms with Gasteiger partial charge in [0.2, 0.25) is 0 Å². The Morgan fingerprint density at radius 2 is 2.25 bits per heavy atom. The minimum atomic E-state index is -0.130. The van der Waals surface area contributed by atoms with Gasteiger partial charge in [-0.05, 0) is 41.1 Å². The van der Waals surface area contributed by atoms with Crippen molar-refractivity contribution >= 4 is 15.9 Å². The number of halogens is 1. The van der Waals surface area contributed by atoms with Gasteiger partial charge in [-0.25, -0.2) is 9.97 Å². The van der Waals surface area contributed by atoms with E-state index in [-0.39, 0.29) is 5.56 Å². The van der Waals surface area contributed by atoms with Crippen molar-refractivity contribution in [2.24, 2.45) is 5.92 Å². The van der Waals surface area contributed by atoms with Crippen LogP contribution < -0.4 is 5.56 Å². The van der Waals surface area contributed by atoms with Crippen LogP contribution >= 0.6 is 15.9 Å². The van der Waals surface area contributed by atoms with Crippen molar-refractivity contribution in [2.45, 2.75) is 39.2 Å². The van der Waals surface area contributed by atoms with Gasteiger partial charge in [0.1, 0.15) is 10.2 Å². The van der Waals surface area contributed by atoms with Gasteiger partial charge in [-0.2, -0.15) is 0 Å².